The summed E-state index contributed by atoms with van der Waals surface area (Å²) >= 11 is 0. The zero-order valence-electron chi connectivity index (χ0n) is 17.6. The topological polar surface area (TPSA) is 151 Å². The summed E-state index contributed by atoms with van der Waals surface area (Å²) < 4.78 is 32.0. The van der Waals surface area contributed by atoms with Crippen LogP contribution in [0.25, 0.3) is 0 Å². The molecule has 33 heavy (non-hydrogen) atoms. The summed E-state index contributed by atoms with van der Waals surface area (Å²) in [6.07, 6.45) is 0. The molecule has 1 amide bonds. The van der Waals surface area contributed by atoms with E-state index in [1.807, 2.05) is 6.07 Å². The van der Waals surface area contributed by atoms with Gasteiger partial charge in [-0.05, 0) is 25.1 Å². The molecule has 0 radical (unpaired) electrons. The van der Waals surface area contributed by atoms with Crippen molar-refractivity contribution in [3.63, 3.8) is 0 Å². The average molecular weight is 472 g/mol. The second-order valence-corrected chi connectivity index (χ2v) is 8.96. The van der Waals surface area contributed by atoms with Crippen molar-refractivity contribution in [1.82, 2.24) is 9.21 Å². The maximum Gasteiger partial charge on any atom is 0.338 e. The summed E-state index contributed by atoms with van der Waals surface area (Å²) in [5.41, 5.74) is -0.598. The number of piperazine rings is 1. The normalized spacial score (nSPS) is 14.4. The number of carbonyl (C=O) groups excluding carboxylic acids is 2. The molecule has 12 heteroatoms. The van der Waals surface area contributed by atoms with Crippen LogP contribution in [0.2, 0.25) is 0 Å². The Morgan fingerprint density at radius 1 is 1.12 bits per heavy atom. The number of hydrogen-bond acceptors (Lipinski definition) is 8. The van der Waals surface area contributed by atoms with Gasteiger partial charge in [-0.15, -0.1) is 0 Å². The summed E-state index contributed by atoms with van der Waals surface area (Å²) in [5.74, 6) is -1.36. The number of amides is 1. The van der Waals surface area contributed by atoms with Gasteiger partial charge in [-0.1, -0.05) is 12.1 Å². The third kappa shape index (κ3) is 5.00. The standard InChI is InChI=1S/C21H20N4O7S/c1-2-32-21(27)17-11-16(12-18(13-17)25(28)29)20(26)23-7-9-24(10-8-23)33(30,31)19-6-4-3-5-15(19)14-22/h3-6,11-13H,2,7-10H2,1H3. The Bertz CT molecular complexity index is 1250. The van der Waals surface area contributed by atoms with E-state index in [9.17, 15) is 33.4 Å². The third-order valence-corrected chi connectivity index (χ3v) is 6.99. The fourth-order valence-corrected chi connectivity index (χ4v) is 4.97. The van der Waals surface area contributed by atoms with Crippen molar-refractivity contribution in [2.24, 2.45) is 0 Å². The monoisotopic (exact) mass is 472 g/mol. The van der Waals surface area contributed by atoms with Gasteiger partial charge in [0.2, 0.25) is 10.0 Å². The zero-order chi connectivity index (χ0) is 24.2. The van der Waals surface area contributed by atoms with E-state index in [4.69, 9.17) is 4.74 Å². The molecule has 1 aliphatic heterocycles. The number of nitrogens with zero attached hydrogens (tertiary/aromatic N) is 4. The minimum Gasteiger partial charge on any atom is -0.462 e. The molecule has 1 aliphatic rings. The van der Waals surface area contributed by atoms with Crippen LogP contribution in [0.15, 0.2) is 47.4 Å². The van der Waals surface area contributed by atoms with Gasteiger partial charge >= 0.3 is 5.97 Å². The number of carbonyl (C=O) groups is 2. The molecule has 3 rings (SSSR count). The van der Waals surface area contributed by atoms with E-state index < -0.39 is 32.5 Å². The van der Waals surface area contributed by atoms with E-state index in [2.05, 4.69) is 0 Å². The summed E-state index contributed by atoms with van der Waals surface area (Å²) in [5, 5.41) is 20.5. The molecule has 0 bridgehead atoms. The Morgan fingerprint density at radius 2 is 1.76 bits per heavy atom. The minimum atomic E-state index is -3.94. The first-order chi connectivity index (χ1) is 15.7. The lowest BCUT2D eigenvalue weighted by atomic mass is 10.1. The number of esters is 1. The fourth-order valence-electron chi connectivity index (χ4n) is 3.41. The van der Waals surface area contributed by atoms with Gasteiger partial charge in [-0.3, -0.25) is 14.9 Å². The Morgan fingerprint density at radius 3 is 2.36 bits per heavy atom. The lowest BCUT2D eigenvalue weighted by Crippen LogP contribution is -2.50. The molecule has 1 saturated heterocycles. The van der Waals surface area contributed by atoms with E-state index in [1.54, 1.807) is 13.0 Å². The predicted octanol–water partition coefficient (Wildman–Crippen LogP) is 1.79. The zero-order valence-corrected chi connectivity index (χ0v) is 18.4. The number of nitro benzene ring substituents is 1. The lowest BCUT2D eigenvalue weighted by molar-refractivity contribution is -0.384. The molecule has 172 valence electrons. The number of nitro groups is 1. The summed E-state index contributed by atoms with van der Waals surface area (Å²) in [6.45, 7) is 1.68. The first-order valence-electron chi connectivity index (χ1n) is 9.94. The van der Waals surface area contributed by atoms with Crippen molar-refractivity contribution < 1.29 is 27.7 Å². The van der Waals surface area contributed by atoms with Crippen LogP contribution in [-0.4, -0.2) is 67.2 Å². The van der Waals surface area contributed by atoms with Gasteiger partial charge in [0.25, 0.3) is 11.6 Å². The number of sulfonamides is 1. The van der Waals surface area contributed by atoms with Crippen LogP contribution in [0.4, 0.5) is 5.69 Å². The summed E-state index contributed by atoms with van der Waals surface area (Å²) in [4.78, 5) is 36.8. The van der Waals surface area contributed by atoms with E-state index in [0.717, 1.165) is 12.1 Å². The maximum atomic E-state index is 13.0. The van der Waals surface area contributed by atoms with Crippen molar-refractivity contribution in [1.29, 1.82) is 5.26 Å². The number of non-ortho nitro benzene ring substituents is 1. The van der Waals surface area contributed by atoms with E-state index in [-0.39, 0.29) is 54.4 Å². The number of rotatable bonds is 6. The van der Waals surface area contributed by atoms with Gasteiger partial charge in [0, 0.05) is 43.9 Å². The second kappa shape index (κ2) is 9.76. The van der Waals surface area contributed by atoms with Crippen molar-refractivity contribution in [3.8, 4) is 6.07 Å². The molecule has 0 N–H and O–H groups in total. The van der Waals surface area contributed by atoms with Gasteiger partial charge < -0.3 is 9.64 Å². The molecular formula is C21H20N4O7S. The van der Waals surface area contributed by atoms with Crippen LogP contribution >= 0.6 is 0 Å². The van der Waals surface area contributed by atoms with Crippen LogP contribution < -0.4 is 0 Å². The van der Waals surface area contributed by atoms with Crippen LogP contribution in [0, 0.1) is 21.4 Å². The van der Waals surface area contributed by atoms with Crippen LogP contribution in [0.3, 0.4) is 0 Å². The van der Waals surface area contributed by atoms with Crippen molar-refractivity contribution in [3.05, 3.63) is 69.3 Å². The molecule has 0 unspecified atom stereocenters. The van der Waals surface area contributed by atoms with Crippen molar-refractivity contribution in [2.75, 3.05) is 32.8 Å². The third-order valence-electron chi connectivity index (χ3n) is 5.04. The SMILES string of the molecule is CCOC(=O)c1cc(C(=O)N2CCN(S(=O)(=O)c3ccccc3C#N)CC2)cc([N+](=O)[O-])c1. The van der Waals surface area contributed by atoms with Crippen LogP contribution in [0.5, 0.6) is 0 Å². The number of ether oxygens (including phenoxy) is 1. The highest BCUT2D eigenvalue weighted by atomic mass is 32.2. The lowest BCUT2D eigenvalue weighted by Gasteiger charge is -2.34. The molecule has 11 nitrogen and oxygen atoms in total. The summed E-state index contributed by atoms with van der Waals surface area (Å²) in [6, 6.07) is 11.0. The number of nitriles is 1. The van der Waals surface area contributed by atoms with Gasteiger partial charge in [0.1, 0.15) is 6.07 Å². The number of hydrogen-bond donors (Lipinski definition) is 0. The molecule has 2 aromatic carbocycles. The molecule has 0 atom stereocenters. The largest absolute Gasteiger partial charge is 0.462 e. The van der Waals surface area contributed by atoms with Crippen LogP contribution in [0.1, 0.15) is 33.2 Å². The van der Waals surface area contributed by atoms with Crippen molar-refractivity contribution in [2.45, 2.75) is 11.8 Å². The molecule has 0 spiro atoms. The number of benzene rings is 2. The molecule has 0 saturated carbocycles. The van der Waals surface area contributed by atoms with Gasteiger partial charge in [-0.2, -0.15) is 9.57 Å². The van der Waals surface area contributed by atoms with Gasteiger partial charge in [0.05, 0.1) is 27.6 Å². The summed E-state index contributed by atoms with van der Waals surface area (Å²) in [7, 11) is -3.94. The average Bonchev–Trinajstić information content (AvgIpc) is 2.83. The Hall–Kier alpha value is -3.82. The van der Waals surface area contributed by atoms with Crippen LogP contribution in [-0.2, 0) is 14.8 Å². The first-order valence-corrected chi connectivity index (χ1v) is 11.4. The smallest absolute Gasteiger partial charge is 0.338 e. The van der Waals surface area contributed by atoms with E-state index in [1.165, 1.54) is 33.5 Å². The highest BCUT2D eigenvalue weighted by Gasteiger charge is 2.32. The quantitative estimate of drug-likeness (QED) is 0.351. The minimum absolute atomic E-state index is 0.0203. The maximum absolute atomic E-state index is 13.0. The molecule has 0 aromatic heterocycles. The first kappa shape index (κ1) is 23.8. The Kier molecular flexibility index (Phi) is 7.05. The molecule has 2 aromatic rings. The predicted molar refractivity (Wildman–Crippen MR) is 115 cm³/mol. The highest BCUT2D eigenvalue weighted by molar-refractivity contribution is 7.89. The van der Waals surface area contributed by atoms with Gasteiger partial charge in [-0.25, -0.2) is 13.2 Å². The molecular weight excluding hydrogens is 452 g/mol. The highest BCUT2D eigenvalue weighted by Crippen LogP contribution is 2.23. The van der Waals surface area contributed by atoms with E-state index in [0.29, 0.717) is 0 Å². The molecule has 1 fully saturated rings. The van der Waals surface area contributed by atoms with Gasteiger partial charge in [0.15, 0.2) is 0 Å². The molecule has 1 heterocycles. The second-order valence-electron chi connectivity index (χ2n) is 7.05. The fraction of sp³-hybridized carbons (Fsp3) is 0.286. The Balaban J connectivity index is 1.80. The Labute approximate surface area is 190 Å². The molecule has 0 aliphatic carbocycles. The van der Waals surface area contributed by atoms with Crippen molar-refractivity contribution >= 4 is 27.6 Å². The van der Waals surface area contributed by atoms with E-state index >= 15 is 0 Å².